The molecule has 0 amide bonds. The minimum Gasteiger partial charge on any atom is -0.456 e. The van der Waals surface area contributed by atoms with Gasteiger partial charge < -0.3 is 4.74 Å². The summed E-state index contributed by atoms with van der Waals surface area (Å²) < 4.78 is 5.46. The number of carbonyl (C=O) groups excluding carboxylic acids is 1. The molecule has 0 atom stereocenters. The number of hydrogen-bond acceptors (Lipinski definition) is 2. The van der Waals surface area contributed by atoms with Gasteiger partial charge >= 0.3 is 0 Å². The van der Waals surface area contributed by atoms with E-state index in [-0.39, 0.29) is 5.60 Å². The van der Waals surface area contributed by atoms with E-state index in [4.69, 9.17) is 4.74 Å². The summed E-state index contributed by atoms with van der Waals surface area (Å²) in [6.07, 6.45) is 8.30. The Morgan fingerprint density at radius 1 is 1.07 bits per heavy atom. The van der Waals surface area contributed by atoms with Crippen LogP contribution in [0.4, 0.5) is 0 Å². The molecule has 0 N–H and O–H groups in total. The van der Waals surface area contributed by atoms with Crippen molar-refractivity contribution in [3.8, 4) is 0 Å². The van der Waals surface area contributed by atoms with Crippen LogP contribution in [-0.2, 0) is 9.53 Å². The zero-order chi connectivity index (χ0) is 10.5. The smallest absolute Gasteiger partial charge is 0.293 e. The SMILES string of the molecule is C=CC1(OC=O)C2CC3CC(C2)CC1C3. The van der Waals surface area contributed by atoms with Crippen LogP contribution in [0, 0.1) is 23.7 Å². The molecule has 82 valence electrons. The Balaban J connectivity index is 1.95. The second-order valence-corrected chi connectivity index (χ2v) is 5.58. The van der Waals surface area contributed by atoms with Crippen LogP contribution in [0.2, 0.25) is 0 Å². The molecule has 15 heavy (non-hydrogen) atoms. The molecule has 4 rings (SSSR count). The van der Waals surface area contributed by atoms with Gasteiger partial charge in [0.05, 0.1) is 0 Å². The molecule has 0 aromatic carbocycles. The fourth-order valence-corrected chi connectivity index (χ4v) is 4.58. The average molecular weight is 206 g/mol. The minimum atomic E-state index is -0.310. The van der Waals surface area contributed by atoms with Gasteiger partial charge in [-0.05, 0) is 50.0 Å². The maximum absolute atomic E-state index is 10.7. The number of ether oxygens (including phenoxy) is 1. The van der Waals surface area contributed by atoms with Crippen LogP contribution >= 0.6 is 0 Å². The van der Waals surface area contributed by atoms with Crippen LogP contribution in [0.1, 0.15) is 32.1 Å². The second kappa shape index (κ2) is 3.10. The van der Waals surface area contributed by atoms with Crippen molar-refractivity contribution in [3.05, 3.63) is 12.7 Å². The van der Waals surface area contributed by atoms with Gasteiger partial charge in [0.15, 0.2) is 0 Å². The monoisotopic (exact) mass is 206 g/mol. The van der Waals surface area contributed by atoms with E-state index in [2.05, 4.69) is 6.58 Å². The Kier molecular flexibility index (Phi) is 1.95. The Labute approximate surface area is 90.7 Å². The first-order valence-corrected chi connectivity index (χ1v) is 6.03. The summed E-state index contributed by atoms with van der Waals surface area (Å²) in [6.45, 7) is 4.54. The van der Waals surface area contributed by atoms with E-state index in [1.165, 1.54) is 32.1 Å². The first kappa shape index (κ1) is 9.44. The summed E-state index contributed by atoms with van der Waals surface area (Å²) >= 11 is 0. The summed E-state index contributed by atoms with van der Waals surface area (Å²) in [5.41, 5.74) is -0.310. The van der Waals surface area contributed by atoms with Gasteiger partial charge in [-0.2, -0.15) is 0 Å². The molecule has 4 fully saturated rings. The molecule has 4 aliphatic carbocycles. The zero-order valence-electron chi connectivity index (χ0n) is 9.02. The van der Waals surface area contributed by atoms with E-state index in [1.807, 2.05) is 6.08 Å². The molecular weight excluding hydrogens is 188 g/mol. The topological polar surface area (TPSA) is 26.3 Å². The lowest BCUT2D eigenvalue weighted by atomic mass is 9.50. The van der Waals surface area contributed by atoms with E-state index in [9.17, 15) is 4.79 Å². The maximum atomic E-state index is 10.7. The van der Waals surface area contributed by atoms with E-state index in [1.54, 1.807) is 0 Å². The third-order valence-corrected chi connectivity index (χ3v) is 4.99. The lowest BCUT2D eigenvalue weighted by Gasteiger charge is -2.58. The zero-order valence-corrected chi connectivity index (χ0v) is 9.02. The molecule has 4 saturated carbocycles. The molecule has 0 aliphatic heterocycles. The Morgan fingerprint density at radius 2 is 1.60 bits per heavy atom. The highest BCUT2D eigenvalue weighted by atomic mass is 16.5. The lowest BCUT2D eigenvalue weighted by molar-refractivity contribution is -0.179. The van der Waals surface area contributed by atoms with Crippen LogP contribution in [0.5, 0.6) is 0 Å². The van der Waals surface area contributed by atoms with Gasteiger partial charge in [0.2, 0.25) is 0 Å². The molecule has 2 nitrogen and oxygen atoms in total. The average Bonchev–Trinajstić information content (AvgIpc) is 2.23. The van der Waals surface area contributed by atoms with Gasteiger partial charge in [-0.15, -0.1) is 0 Å². The third kappa shape index (κ3) is 1.14. The normalized spacial score (nSPS) is 51.5. The molecule has 0 radical (unpaired) electrons. The van der Waals surface area contributed by atoms with E-state index >= 15 is 0 Å². The first-order valence-electron chi connectivity index (χ1n) is 6.03. The van der Waals surface area contributed by atoms with Crippen molar-refractivity contribution in [1.82, 2.24) is 0 Å². The molecule has 0 unspecified atom stereocenters. The fraction of sp³-hybridized carbons (Fsp3) is 0.769. The summed E-state index contributed by atoms with van der Waals surface area (Å²) in [7, 11) is 0. The molecule has 0 saturated heterocycles. The predicted molar refractivity (Wildman–Crippen MR) is 57.1 cm³/mol. The highest BCUT2D eigenvalue weighted by Crippen LogP contribution is 2.59. The van der Waals surface area contributed by atoms with Gasteiger partial charge in [-0.1, -0.05) is 6.58 Å². The summed E-state index contributed by atoms with van der Waals surface area (Å²) in [5.74, 6) is 2.90. The van der Waals surface area contributed by atoms with Crippen molar-refractivity contribution in [2.75, 3.05) is 0 Å². The van der Waals surface area contributed by atoms with E-state index in [0.29, 0.717) is 18.3 Å². The molecule has 4 bridgehead atoms. The Morgan fingerprint density at radius 3 is 2.00 bits per heavy atom. The van der Waals surface area contributed by atoms with E-state index < -0.39 is 0 Å². The van der Waals surface area contributed by atoms with Crippen molar-refractivity contribution in [1.29, 1.82) is 0 Å². The number of hydrogen-bond donors (Lipinski definition) is 0. The fourth-order valence-electron chi connectivity index (χ4n) is 4.58. The summed E-state index contributed by atoms with van der Waals surface area (Å²) in [4.78, 5) is 10.7. The third-order valence-electron chi connectivity index (χ3n) is 4.99. The summed E-state index contributed by atoms with van der Waals surface area (Å²) in [5, 5.41) is 0. The second-order valence-electron chi connectivity index (χ2n) is 5.58. The Bertz CT molecular complexity index is 267. The van der Waals surface area contributed by atoms with Crippen LogP contribution < -0.4 is 0 Å². The Hall–Kier alpha value is -0.790. The van der Waals surface area contributed by atoms with Gasteiger partial charge in [-0.25, -0.2) is 0 Å². The quantitative estimate of drug-likeness (QED) is 0.524. The minimum absolute atomic E-state index is 0.310. The van der Waals surface area contributed by atoms with Crippen LogP contribution in [0.25, 0.3) is 0 Å². The first-order chi connectivity index (χ1) is 7.28. The molecular formula is C13H18O2. The molecule has 4 aliphatic rings. The van der Waals surface area contributed by atoms with Crippen LogP contribution in [0.15, 0.2) is 12.7 Å². The molecule has 2 heteroatoms. The van der Waals surface area contributed by atoms with Crippen molar-refractivity contribution in [2.24, 2.45) is 23.7 Å². The predicted octanol–water partition coefficient (Wildman–Crippen LogP) is 2.54. The standard InChI is InChI=1S/C13H18O2/c1-2-13(15-8-14)11-4-9-3-10(6-11)7-12(13)5-9/h2,8-12H,1,3-7H2. The van der Waals surface area contributed by atoms with Crippen molar-refractivity contribution in [2.45, 2.75) is 37.7 Å². The van der Waals surface area contributed by atoms with Gasteiger partial charge in [0.25, 0.3) is 6.47 Å². The lowest BCUT2D eigenvalue weighted by Crippen LogP contribution is -2.57. The molecule has 0 aromatic heterocycles. The highest BCUT2D eigenvalue weighted by molar-refractivity contribution is 5.40. The summed E-state index contributed by atoms with van der Waals surface area (Å²) in [6, 6.07) is 0. The largest absolute Gasteiger partial charge is 0.456 e. The highest BCUT2D eigenvalue weighted by Gasteiger charge is 2.57. The molecule has 0 heterocycles. The van der Waals surface area contributed by atoms with Gasteiger partial charge in [-0.3, -0.25) is 4.79 Å². The van der Waals surface area contributed by atoms with Crippen molar-refractivity contribution >= 4 is 6.47 Å². The van der Waals surface area contributed by atoms with E-state index in [0.717, 1.165) is 11.8 Å². The van der Waals surface area contributed by atoms with Gasteiger partial charge in [0, 0.05) is 11.8 Å². The van der Waals surface area contributed by atoms with Gasteiger partial charge in [0.1, 0.15) is 5.60 Å². The molecule has 0 spiro atoms. The number of rotatable bonds is 3. The molecule has 0 aromatic rings. The van der Waals surface area contributed by atoms with Crippen LogP contribution in [-0.4, -0.2) is 12.1 Å². The number of carbonyl (C=O) groups is 1. The van der Waals surface area contributed by atoms with Crippen LogP contribution in [0.3, 0.4) is 0 Å². The van der Waals surface area contributed by atoms with Crippen molar-refractivity contribution in [3.63, 3.8) is 0 Å². The van der Waals surface area contributed by atoms with Crippen molar-refractivity contribution < 1.29 is 9.53 Å². The maximum Gasteiger partial charge on any atom is 0.293 e.